The first kappa shape index (κ1) is 14.2. The Hall–Kier alpha value is -0.240. The highest BCUT2D eigenvalue weighted by Crippen LogP contribution is 2.21. The number of rotatable bonds is 4. The van der Waals surface area contributed by atoms with Gasteiger partial charge in [-0.15, -0.1) is 0 Å². The summed E-state index contributed by atoms with van der Waals surface area (Å²) in [5.41, 5.74) is 1.18. The van der Waals surface area contributed by atoms with Gasteiger partial charge in [0.25, 0.3) is 0 Å². The third kappa shape index (κ3) is 4.46. The van der Waals surface area contributed by atoms with Gasteiger partial charge in [0.15, 0.2) is 0 Å². The molecule has 1 N–H and O–H groups in total. The summed E-state index contributed by atoms with van der Waals surface area (Å²) >= 11 is 12.1. The van der Waals surface area contributed by atoms with Crippen LogP contribution in [-0.2, 0) is 6.42 Å². The predicted molar refractivity (Wildman–Crippen MR) is 79.7 cm³/mol. The standard InChI is InChI=1S/C15H21Cl2N/c16-13-8-7-12(15(17)11-13)9-10-18-14-5-3-1-2-4-6-14/h7-8,11,14,18H,1-6,9-10H2. The maximum atomic E-state index is 6.16. The van der Waals surface area contributed by atoms with E-state index in [2.05, 4.69) is 5.32 Å². The van der Waals surface area contributed by atoms with Crippen LogP contribution in [0.1, 0.15) is 44.1 Å². The normalized spacial score (nSPS) is 17.7. The third-order valence-electron chi connectivity index (χ3n) is 3.70. The van der Waals surface area contributed by atoms with E-state index in [1.807, 2.05) is 18.2 Å². The monoisotopic (exact) mass is 285 g/mol. The highest BCUT2D eigenvalue weighted by Gasteiger charge is 2.11. The molecule has 1 aromatic carbocycles. The lowest BCUT2D eigenvalue weighted by Crippen LogP contribution is -2.30. The van der Waals surface area contributed by atoms with E-state index in [-0.39, 0.29) is 0 Å². The van der Waals surface area contributed by atoms with Gasteiger partial charge < -0.3 is 5.32 Å². The van der Waals surface area contributed by atoms with Gasteiger partial charge in [-0.3, -0.25) is 0 Å². The molecule has 3 heteroatoms. The summed E-state index contributed by atoms with van der Waals surface area (Å²) in [6, 6.07) is 6.47. The van der Waals surface area contributed by atoms with E-state index >= 15 is 0 Å². The number of nitrogens with one attached hydrogen (secondary N) is 1. The second-order valence-electron chi connectivity index (χ2n) is 5.13. The average Bonchev–Trinajstić information content (AvgIpc) is 2.60. The van der Waals surface area contributed by atoms with Gasteiger partial charge in [-0.25, -0.2) is 0 Å². The largest absolute Gasteiger partial charge is 0.314 e. The fourth-order valence-corrected chi connectivity index (χ4v) is 3.12. The summed E-state index contributed by atoms with van der Waals surface area (Å²) in [6.45, 7) is 1.01. The molecule has 0 aliphatic heterocycles. The maximum absolute atomic E-state index is 6.16. The number of hydrogen-bond donors (Lipinski definition) is 1. The van der Waals surface area contributed by atoms with Gasteiger partial charge in [0, 0.05) is 16.1 Å². The van der Waals surface area contributed by atoms with Gasteiger partial charge in [0.1, 0.15) is 0 Å². The minimum atomic E-state index is 0.707. The Bertz CT molecular complexity index is 371. The molecule has 0 spiro atoms. The molecule has 1 aromatic rings. The highest BCUT2D eigenvalue weighted by atomic mass is 35.5. The number of hydrogen-bond acceptors (Lipinski definition) is 1. The highest BCUT2D eigenvalue weighted by molar-refractivity contribution is 6.35. The second-order valence-corrected chi connectivity index (χ2v) is 5.97. The molecule has 2 rings (SSSR count). The van der Waals surface area contributed by atoms with E-state index in [1.54, 1.807) is 0 Å². The molecule has 0 atom stereocenters. The summed E-state index contributed by atoms with van der Waals surface area (Å²) in [4.78, 5) is 0. The first-order valence-corrected chi connectivity index (χ1v) is 7.68. The lowest BCUT2D eigenvalue weighted by Gasteiger charge is -2.16. The smallest absolute Gasteiger partial charge is 0.0453 e. The fourth-order valence-electron chi connectivity index (χ4n) is 2.62. The summed E-state index contributed by atoms with van der Waals surface area (Å²) in [5, 5.41) is 5.15. The van der Waals surface area contributed by atoms with Gasteiger partial charge in [-0.2, -0.15) is 0 Å². The van der Waals surface area contributed by atoms with Crippen LogP contribution in [0.3, 0.4) is 0 Å². The van der Waals surface area contributed by atoms with E-state index in [0.29, 0.717) is 11.1 Å². The molecule has 0 heterocycles. The molecular formula is C15H21Cl2N. The molecular weight excluding hydrogens is 265 g/mol. The molecule has 0 unspecified atom stereocenters. The Labute approximate surface area is 120 Å². The molecule has 18 heavy (non-hydrogen) atoms. The number of halogens is 2. The molecule has 0 radical (unpaired) electrons. The molecule has 1 fully saturated rings. The van der Waals surface area contributed by atoms with Gasteiger partial charge >= 0.3 is 0 Å². The Balaban J connectivity index is 1.77. The zero-order valence-corrected chi connectivity index (χ0v) is 12.2. The van der Waals surface area contributed by atoms with Gasteiger partial charge in [-0.1, -0.05) is 55.0 Å². The van der Waals surface area contributed by atoms with Crippen LogP contribution in [0.2, 0.25) is 10.0 Å². The van der Waals surface area contributed by atoms with Crippen molar-refractivity contribution in [2.45, 2.75) is 51.0 Å². The van der Waals surface area contributed by atoms with Crippen molar-refractivity contribution in [3.05, 3.63) is 33.8 Å². The average molecular weight is 286 g/mol. The van der Waals surface area contributed by atoms with Crippen molar-refractivity contribution in [1.29, 1.82) is 0 Å². The number of benzene rings is 1. The molecule has 1 aliphatic rings. The lowest BCUT2D eigenvalue weighted by atomic mass is 10.1. The topological polar surface area (TPSA) is 12.0 Å². The summed E-state index contributed by atoms with van der Waals surface area (Å²) in [5.74, 6) is 0. The molecule has 100 valence electrons. The van der Waals surface area contributed by atoms with Crippen LogP contribution in [0, 0.1) is 0 Å². The van der Waals surface area contributed by atoms with Crippen molar-refractivity contribution in [2.75, 3.05) is 6.54 Å². The van der Waals surface area contributed by atoms with Crippen molar-refractivity contribution in [2.24, 2.45) is 0 Å². The predicted octanol–water partition coefficient (Wildman–Crippen LogP) is 4.85. The fraction of sp³-hybridized carbons (Fsp3) is 0.600. The van der Waals surface area contributed by atoms with Crippen LogP contribution >= 0.6 is 23.2 Å². The van der Waals surface area contributed by atoms with Gasteiger partial charge in [-0.05, 0) is 43.5 Å². The summed E-state index contributed by atoms with van der Waals surface area (Å²) < 4.78 is 0. The molecule has 1 nitrogen and oxygen atoms in total. The Kier molecular flexibility index (Phi) is 5.81. The van der Waals surface area contributed by atoms with Crippen LogP contribution < -0.4 is 5.32 Å². The van der Waals surface area contributed by atoms with Crippen molar-refractivity contribution in [3.8, 4) is 0 Å². The molecule has 0 aromatic heterocycles. The van der Waals surface area contributed by atoms with Gasteiger partial charge in [0.2, 0.25) is 0 Å². The van der Waals surface area contributed by atoms with Crippen LogP contribution in [0.25, 0.3) is 0 Å². The van der Waals surface area contributed by atoms with E-state index in [4.69, 9.17) is 23.2 Å². The van der Waals surface area contributed by atoms with Crippen LogP contribution in [-0.4, -0.2) is 12.6 Å². The van der Waals surface area contributed by atoms with Crippen LogP contribution in [0.5, 0.6) is 0 Å². The van der Waals surface area contributed by atoms with Crippen molar-refractivity contribution >= 4 is 23.2 Å². The van der Waals surface area contributed by atoms with E-state index in [0.717, 1.165) is 18.0 Å². The van der Waals surface area contributed by atoms with Crippen LogP contribution in [0.4, 0.5) is 0 Å². The Morgan fingerprint density at radius 2 is 1.78 bits per heavy atom. The summed E-state index contributed by atoms with van der Waals surface area (Å²) in [6.07, 6.45) is 9.19. The second kappa shape index (κ2) is 7.37. The van der Waals surface area contributed by atoms with E-state index in [1.165, 1.54) is 44.1 Å². The van der Waals surface area contributed by atoms with E-state index < -0.39 is 0 Å². The van der Waals surface area contributed by atoms with Crippen molar-refractivity contribution in [3.63, 3.8) is 0 Å². The minimum Gasteiger partial charge on any atom is -0.314 e. The Morgan fingerprint density at radius 1 is 1.06 bits per heavy atom. The van der Waals surface area contributed by atoms with Crippen molar-refractivity contribution < 1.29 is 0 Å². The van der Waals surface area contributed by atoms with E-state index in [9.17, 15) is 0 Å². The third-order valence-corrected chi connectivity index (χ3v) is 4.28. The molecule has 1 saturated carbocycles. The summed E-state index contributed by atoms with van der Waals surface area (Å²) in [7, 11) is 0. The molecule has 0 amide bonds. The first-order valence-electron chi connectivity index (χ1n) is 6.93. The zero-order chi connectivity index (χ0) is 12.8. The minimum absolute atomic E-state index is 0.707. The zero-order valence-electron chi connectivity index (χ0n) is 10.7. The molecule has 0 saturated heterocycles. The van der Waals surface area contributed by atoms with Gasteiger partial charge in [0.05, 0.1) is 0 Å². The lowest BCUT2D eigenvalue weighted by molar-refractivity contribution is 0.463. The SMILES string of the molecule is Clc1ccc(CCNC2CCCCCC2)c(Cl)c1. The molecule has 0 bridgehead atoms. The first-order chi connectivity index (χ1) is 8.75. The maximum Gasteiger partial charge on any atom is 0.0453 e. The quantitative estimate of drug-likeness (QED) is 0.780. The Morgan fingerprint density at radius 3 is 2.44 bits per heavy atom. The van der Waals surface area contributed by atoms with Crippen LogP contribution in [0.15, 0.2) is 18.2 Å². The molecule has 1 aliphatic carbocycles. The van der Waals surface area contributed by atoms with Crippen molar-refractivity contribution in [1.82, 2.24) is 5.32 Å².